The van der Waals surface area contributed by atoms with Gasteiger partial charge in [0, 0.05) is 15.0 Å². The Morgan fingerprint density at radius 2 is 1.50 bits per heavy atom. The van der Waals surface area contributed by atoms with E-state index in [1.807, 2.05) is 0 Å². The maximum absolute atomic E-state index is 7.57. The van der Waals surface area contributed by atoms with Gasteiger partial charge in [-0.05, 0) is 6.92 Å². The minimum atomic E-state index is 0. The molecular weight excluding hydrogens is 83.8 g/mol. The summed E-state index contributed by atoms with van der Waals surface area (Å²) in [4.78, 5) is 0. The van der Waals surface area contributed by atoms with E-state index in [4.69, 9.17) is 5.11 Å². The van der Waals surface area contributed by atoms with Gasteiger partial charge in [-0.2, -0.15) is 0 Å². The molecule has 0 aromatic carbocycles. The third-order valence-electron chi connectivity index (χ3n) is 0. The van der Waals surface area contributed by atoms with E-state index in [9.17, 15) is 0 Å². The molecule has 0 saturated carbocycles. The summed E-state index contributed by atoms with van der Waals surface area (Å²) in [5, 5.41) is 7.57. The van der Waals surface area contributed by atoms with Crippen LogP contribution in [0.2, 0.25) is 0 Å². The maximum Gasteiger partial charge on any atom is 0.0402 e. The Bertz CT molecular complexity index is 13.5. The minimum absolute atomic E-state index is 0. The van der Waals surface area contributed by atoms with Gasteiger partial charge in [0.2, 0.25) is 0 Å². The van der Waals surface area contributed by atoms with Crippen LogP contribution < -0.4 is 6.15 Å². The third-order valence-corrected chi connectivity index (χ3v) is 0. The van der Waals surface area contributed by atoms with Gasteiger partial charge in [0.15, 0.2) is 0 Å². The largest absolute Gasteiger partial charge is 0.397 e. The number of aliphatic hydroxyl groups is 1. The van der Waals surface area contributed by atoms with E-state index in [1.165, 1.54) is 0 Å². The topological polar surface area (TPSA) is 55.2 Å². The summed E-state index contributed by atoms with van der Waals surface area (Å²) >= 11 is 0. The standard InChI is InChI=1S/C2H6O.B.FH.H3N/c1-2-3;;;/h3H,2H2,1H3;;1H;1H3. The Morgan fingerprint density at radius 3 is 1.50 bits per heavy atom. The lowest BCUT2D eigenvalue weighted by Crippen LogP contribution is -1.57. The first kappa shape index (κ1) is 39.0. The van der Waals surface area contributed by atoms with Gasteiger partial charge in [-0.1, -0.05) is 0 Å². The molecule has 0 aliphatic rings. The molecule has 0 aromatic rings. The molecule has 0 aliphatic carbocycles. The van der Waals surface area contributed by atoms with Crippen molar-refractivity contribution in [3.63, 3.8) is 0 Å². The molecule has 0 spiro atoms. The van der Waals surface area contributed by atoms with Crippen molar-refractivity contribution in [2.45, 2.75) is 6.92 Å². The van der Waals surface area contributed by atoms with Gasteiger partial charge in [-0.15, -0.1) is 0 Å². The molecule has 0 bridgehead atoms. The zero-order chi connectivity index (χ0) is 2.71. The molecule has 0 aromatic heterocycles. The highest BCUT2D eigenvalue weighted by atomic mass is 19.0. The first-order valence-corrected chi connectivity index (χ1v) is 1.02. The first-order chi connectivity index (χ1) is 1.41. The van der Waals surface area contributed by atoms with E-state index in [2.05, 4.69) is 0 Å². The molecule has 0 rings (SSSR count). The van der Waals surface area contributed by atoms with Gasteiger partial charge in [-0.25, -0.2) is 0 Å². The summed E-state index contributed by atoms with van der Waals surface area (Å²) in [6.45, 7) is 1.93. The van der Waals surface area contributed by atoms with Crippen LogP contribution >= 0.6 is 0 Å². The van der Waals surface area contributed by atoms with E-state index >= 15 is 0 Å². The fraction of sp³-hybridized carbons (Fsp3) is 1.00. The molecule has 0 aliphatic heterocycles. The van der Waals surface area contributed by atoms with E-state index in [1.54, 1.807) is 6.92 Å². The summed E-state index contributed by atoms with van der Waals surface area (Å²) in [7, 11) is 0. The van der Waals surface area contributed by atoms with Crippen LogP contribution in [0.5, 0.6) is 0 Å². The Balaban J connectivity index is -0.00000000667. The van der Waals surface area contributed by atoms with Crippen molar-refractivity contribution in [2.24, 2.45) is 0 Å². The fourth-order valence-corrected chi connectivity index (χ4v) is 0. The van der Waals surface area contributed by atoms with Crippen molar-refractivity contribution in [1.82, 2.24) is 6.15 Å². The lowest BCUT2D eigenvalue weighted by atomic mass is 10.8. The SMILES string of the molecule is CCO.F.N.[B]. The molecule has 0 unspecified atom stereocenters. The van der Waals surface area contributed by atoms with Crippen molar-refractivity contribution in [3.8, 4) is 0 Å². The second kappa shape index (κ2) is 90.0. The van der Waals surface area contributed by atoms with Crippen LogP contribution in [0.25, 0.3) is 0 Å². The van der Waals surface area contributed by atoms with Gasteiger partial charge in [0.1, 0.15) is 0 Å². The van der Waals surface area contributed by atoms with Crippen molar-refractivity contribution >= 4 is 8.41 Å². The molecule has 6 heavy (non-hydrogen) atoms. The number of hydrogen-bond acceptors (Lipinski definition) is 2. The molecular formula is C2H10BFNO. The number of halogens is 1. The van der Waals surface area contributed by atoms with Gasteiger partial charge in [0.25, 0.3) is 0 Å². The van der Waals surface area contributed by atoms with Gasteiger partial charge in [0.05, 0.1) is 0 Å². The quantitative estimate of drug-likeness (QED) is 0.413. The summed E-state index contributed by atoms with van der Waals surface area (Å²) in [6.07, 6.45) is 0. The second-order valence-electron chi connectivity index (χ2n) is 0.316. The molecule has 3 radical (unpaired) electrons. The number of hydrogen-bond donors (Lipinski definition) is 2. The van der Waals surface area contributed by atoms with Crippen molar-refractivity contribution in [3.05, 3.63) is 0 Å². The normalized spacial score (nSPS) is 3.00. The average Bonchev–Trinajstić information content (AvgIpc) is 0.918. The van der Waals surface area contributed by atoms with Crippen molar-refractivity contribution in [2.75, 3.05) is 6.61 Å². The maximum atomic E-state index is 7.57. The van der Waals surface area contributed by atoms with Gasteiger partial charge < -0.3 is 11.3 Å². The predicted molar refractivity (Wildman–Crippen MR) is 26.0 cm³/mol. The number of aliphatic hydroxyl groups excluding tert-OH is 1. The molecule has 0 amide bonds. The summed E-state index contributed by atoms with van der Waals surface area (Å²) in [5.74, 6) is 0. The van der Waals surface area contributed by atoms with Crippen molar-refractivity contribution < 1.29 is 9.81 Å². The highest BCUT2D eigenvalue weighted by molar-refractivity contribution is 5.75. The van der Waals surface area contributed by atoms with Gasteiger partial charge in [-0.3, -0.25) is 4.70 Å². The Hall–Kier alpha value is -0.0851. The van der Waals surface area contributed by atoms with Crippen molar-refractivity contribution in [1.29, 1.82) is 0 Å². The lowest BCUT2D eigenvalue weighted by molar-refractivity contribution is 0.318. The molecule has 0 saturated heterocycles. The van der Waals surface area contributed by atoms with Crippen LogP contribution in [0.15, 0.2) is 0 Å². The highest BCUT2D eigenvalue weighted by Gasteiger charge is 1.34. The highest BCUT2D eigenvalue weighted by Crippen LogP contribution is 1.30. The van der Waals surface area contributed by atoms with E-state index < -0.39 is 0 Å². The van der Waals surface area contributed by atoms with Crippen LogP contribution in [0.1, 0.15) is 6.92 Å². The Kier molecular flexibility index (Phi) is 584. The molecule has 0 fully saturated rings. The monoisotopic (exact) mass is 94.1 g/mol. The van der Waals surface area contributed by atoms with Crippen LogP contribution in [-0.4, -0.2) is 20.1 Å². The third kappa shape index (κ3) is 4600. The predicted octanol–water partition coefficient (Wildman–Crippen LogP) is -0.0677. The Morgan fingerprint density at radius 1 is 1.50 bits per heavy atom. The van der Waals surface area contributed by atoms with Crippen LogP contribution in [-0.2, 0) is 0 Å². The minimum Gasteiger partial charge on any atom is -0.397 e. The molecule has 2 nitrogen and oxygen atoms in total. The lowest BCUT2D eigenvalue weighted by Gasteiger charge is -1.52. The molecule has 4 heteroatoms. The summed E-state index contributed by atoms with van der Waals surface area (Å²) < 4.78 is 0. The van der Waals surface area contributed by atoms with E-state index in [0.717, 1.165) is 0 Å². The molecule has 0 heterocycles. The average molecular weight is 93.9 g/mol. The molecule has 4 N–H and O–H groups in total. The second-order valence-corrected chi connectivity index (χ2v) is 0.316. The van der Waals surface area contributed by atoms with Gasteiger partial charge >= 0.3 is 0 Å². The zero-order valence-corrected chi connectivity index (χ0v) is 3.85. The summed E-state index contributed by atoms with van der Waals surface area (Å²) in [6, 6.07) is 0. The summed E-state index contributed by atoms with van der Waals surface area (Å²) in [5.41, 5.74) is 0. The van der Waals surface area contributed by atoms with E-state index in [-0.39, 0.29) is 25.9 Å². The first-order valence-electron chi connectivity index (χ1n) is 1.02. The molecule has 39 valence electrons. The fourth-order valence-electron chi connectivity index (χ4n) is 0. The van der Waals surface area contributed by atoms with Crippen LogP contribution in [0, 0.1) is 0 Å². The smallest absolute Gasteiger partial charge is 0.0402 e. The van der Waals surface area contributed by atoms with Crippen LogP contribution in [0.4, 0.5) is 4.70 Å². The molecule has 0 atom stereocenters. The number of rotatable bonds is 0. The van der Waals surface area contributed by atoms with Crippen LogP contribution in [0.3, 0.4) is 0 Å². The zero-order valence-electron chi connectivity index (χ0n) is 3.85. The van der Waals surface area contributed by atoms with E-state index in [0.29, 0.717) is 0 Å². The Labute approximate surface area is 39.1 Å².